The van der Waals surface area contributed by atoms with E-state index in [1.54, 1.807) is 7.11 Å². The summed E-state index contributed by atoms with van der Waals surface area (Å²) in [5.41, 5.74) is 0.670. The molecule has 1 aromatic rings. The highest BCUT2D eigenvalue weighted by atomic mass is 16.5. The molecule has 1 unspecified atom stereocenters. The Labute approximate surface area is 128 Å². The van der Waals surface area contributed by atoms with E-state index >= 15 is 0 Å². The van der Waals surface area contributed by atoms with Gasteiger partial charge < -0.3 is 9.47 Å². The summed E-state index contributed by atoms with van der Waals surface area (Å²) in [6, 6.07) is 7.91. The van der Waals surface area contributed by atoms with E-state index in [1.165, 1.54) is 0 Å². The summed E-state index contributed by atoms with van der Waals surface area (Å²) in [5.74, 6) is 0.629. The van der Waals surface area contributed by atoms with Gasteiger partial charge in [-0.2, -0.15) is 0 Å². The fourth-order valence-corrected chi connectivity index (χ4v) is 2.77. The van der Waals surface area contributed by atoms with E-state index in [2.05, 4.69) is 25.7 Å². The van der Waals surface area contributed by atoms with Gasteiger partial charge in [0.1, 0.15) is 5.75 Å². The number of methoxy groups -OCH3 is 1. The standard InChI is InChI=1S/C17H27NO3/c1-6-18(7-2)17(4,13-16(19)21-8-3)14-10-9-11-15(12-14)20-5/h9-12H,6-8,13H2,1-5H3. The zero-order chi connectivity index (χ0) is 15.9. The van der Waals surface area contributed by atoms with E-state index in [-0.39, 0.29) is 5.97 Å². The van der Waals surface area contributed by atoms with E-state index in [4.69, 9.17) is 9.47 Å². The van der Waals surface area contributed by atoms with Crippen LogP contribution in [-0.4, -0.2) is 37.7 Å². The van der Waals surface area contributed by atoms with Crippen LogP contribution in [0.25, 0.3) is 0 Å². The molecule has 0 heterocycles. The van der Waals surface area contributed by atoms with Crippen molar-refractivity contribution < 1.29 is 14.3 Å². The normalized spacial score (nSPS) is 13.8. The highest BCUT2D eigenvalue weighted by molar-refractivity contribution is 5.71. The van der Waals surface area contributed by atoms with Crippen LogP contribution in [0.2, 0.25) is 0 Å². The predicted molar refractivity (Wildman–Crippen MR) is 84.5 cm³/mol. The average Bonchev–Trinajstić information content (AvgIpc) is 2.48. The molecule has 4 nitrogen and oxygen atoms in total. The number of esters is 1. The second-order valence-corrected chi connectivity index (χ2v) is 5.16. The minimum absolute atomic E-state index is 0.172. The topological polar surface area (TPSA) is 38.8 Å². The van der Waals surface area contributed by atoms with Crippen LogP contribution in [0.3, 0.4) is 0 Å². The van der Waals surface area contributed by atoms with E-state index in [1.807, 2.05) is 31.2 Å². The van der Waals surface area contributed by atoms with Crippen LogP contribution in [-0.2, 0) is 15.1 Å². The molecule has 0 N–H and O–H groups in total. The van der Waals surface area contributed by atoms with Crippen LogP contribution >= 0.6 is 0 Å². The Hall–Kier alpha value is -1.55. The molecule has 0 aliphatic heterocycles. The van der Waals surface area contributed by atoms with Gasteiger partial charge in [0.25, 0.3) is 0 Å². The molecule has 0 saturated heterocycles. The number of hydrogen-bond donors (Lipinski definition) is 0. The molecule has 0 radical (unpaired) electrons. The van der Waals surface area contributed by atoms with Crippen LogP contribution in [0, 0.1) is 0 Å². The maximum absolute atomic E-state index is 12.0. The third-order valence-electron chi connectivity index (χ3n) is 3.95. The zero-order valence-corrected chi connectivity index (χ0v) is 13.8. The number of benzene rings is 1. The Balaban J connectivity index is 3.19. The summed E-state index contributed by atoms with van der Waals surface area (Å²) in [6.45, 7) is 10.3. The minimum Gasteiger partial charge on any atom is -0.497 e. The van der Waals surface area contributed by atoms with E-state index in [9.17, 15) is 4.79 Å². The molecule has 0 amide bonds. The molecule has 0 bridgehead atoms. The Morgan fingerprint density at radius 3 is 2.43 bits per heavy atom. The third-order valence-corrected chi connectivity index (χ3v) is 3.95. The van der Waals surface area contributed by atoms with Gasteiger partial charge in [-0.15, -0.1) is 0 Å². The van der Waals surface area contributed by atoms with Crippen molar-refractivity contribution in [2.45, 2.75) is 39.7 Å². The fraction of sp³-hybridized carbons (Fsp3) is 0.588. The molecule has 0 fully saturated rings. The van der Waals surface area contributed by atoms with Crippen LogP contribution in [0.15, 0.2) is 24.3 Å². The minimum atomic E-state index is -0.399. The summed E-state index contributed by atoms with van der Waals surface area (Å²) >= 11 is 0. The highest BCUT2D eigenvalue weighted by Gasteiger charge is 2.35. The fourth-order valence-electron chi connectivity index (χ4n) is 2.77. The van der Waals surface area contributed by atoms with Crippen molar-refractivity contribution in [1.29, 1.82) is 0 Å². The van der Waals surface area contributed by atoms with Gasteiger partial charge in [-0.05, 0) is 44.6 Å². The summed E-state index contributed by atoms with van der Waals surface area (Å²) in [7, 11) is 1.65. The third kappa shape index (κ3) is 4.21. The quantitative estimate of drug-likeness (QED) is 0.690. The van der Waals surface area contributed by atoms with Gasteiger partial charge in [0.05, 0.1) is 25.7 Å². The molecular weight excluding hydrogens is 266 g/mol. The second kappa shape index (κ2) is 8.03. The number of carbonyl (C=O) groups excluding carboxylic acids is 1. The van der Waals surface area contributed by atoms with Crippen molar-refractivity contribution in [3.05, 3.63) is 29.8 Å². The van der Waals surface area contributed by atoms with Gasteiger partial charge in [0, 0.05) is 0 Å². The first kappa shape index (κ1) is 17.5. The van der Waals surface area contributed by atoms with Crippen molar-refractivity contribution in [3.8, 4) is 5.75 Å². The molecule has 0 aliphatic rings. The lowest BCUT2D eigenvalue weighted by atomic mass is 9.86. The largest absolute Gasteiger partial charge is 0.497 e. The zero-order valence-electron chi connectivity index (χ0n) is 13.8. The summed E-state index contributed by atoms with van der Waals surface area (Å²) in [6.07, 6.45) is 0.329. The van der Waals surface area contributed by atoms with Crippen LogP contribution in [0.5, 0.6) is 5.75 Å². The Morgan fingerprint density at radius 1 is 1.24 bits per heavy atom. The van der Waals surface area contributed by atoms with Gasteiger partial charge in [-0.3, -0.25) is 9.69 Å². The predicted octanol–water partition coefficient (Wildman–Crippen LogP) is 3.21. The number of hydrogen-bond acceptors (Lipinski definition) is 4. The van der Waals surface area contributed by atoms with Crippen molar-refractivity contribution in [2.75, 3.05) is 26.8 Å². The number of nitrogens with zero attached hydrogens (tertiary/aromatic N) is 1. The summed E-state index contributed by atoms with van der Waals surface area (Å²) in [4.78, 5) is 14.3. The monoisotopic (exact) mass is 293 g/mol. The lowest BCUT2D eigenvalue weighted by molar-refractivity contribution is -0.146. The first-order chi connectivity index (χ1) is 10.0. The first-order valence-electron chi connectivity index (χ1n) is 7.57. The average molecular weight is 293 g/mol. The molecular formula is C17H27NO3. The lowest BCUT2D eigenvalue weighted by Crippen LogP contribution is -2.45. The number of rotatable bonds is 8. The molecule has 4 heteroatoms. The smallest absolute Gasteiger partial charge is 0.307 e. The van der Waals surface area contributed by atoms with E-state index < -0.39 is 5.54 Å². The van der Waals surface area contributed by atoms with Crippen LogP contribution in [0.4, 0.5) is 0 Å². The van der Waals surface area contributed by atoms with E-state index in [0.29, 0.717) is 13.0 Å². The van der Waals surface area contributed by atoms with Gasteiger partial charge >= 0.3 is 5.97 Å². The maximum atomic E-state index is 12.0. The molecule has 1 aromatic carbocycles. The molecule has 21 heavy (non-hydrogen) atoms. The molecule has 0 saturated carbocycles. The molecule has 0 spiro atoms. The van der Waals surface area contributed by atoms with Crippen molar-refractivity contribution >= 4 is 5.97 Å². The molecule has 1 rings (SSSR count). The second-order valence-electron chi connectivity index (χ2n) is 5.16. The van der Waals surface area contributed by atoms with Gasteiger partial charge in [0.2, 0.25) is 0 Å². The SMILES string of the molecule is CCOC(=O)CC(C)(c1cccc(OC)c1)N(CC)CC. The number of carbonyl (C=O) groups is 1. The molecule has 0 aliphatic carbocycles. The number of ether oxygens (including phenoxy) is 2. The summed E-state index contributed by atoms with van der Waals surface area (Å²) in [5, 5.41) is 0. The Kier molecular flexibility index (Phi) is 6.69. The van der Waals surface area contributed by atoms with Crippen molar-refractivity contribution in [2.24, 2.45) is 0 Å². The molecule has 0 aromatic heterocycles. The van der Waals surface area contributed by atoms with Gasteiger partial charge in [0.15, 0.2) is 0 Å². The molecule has 1 atom stereocenters. The molecule has 118 valence electrons. The maximum Gasteiger partial charge on any atom is 0.307 e. The van der Waals surface area contributed by atoms with Gasteiger partial charge in [-0.25, -0.2) is 0 Å². The lowest BCUT2D eigenvalue weighted by Gasteiger charge is -2.40. The Morgan fingerprint density at radius 2 is 1.90 bits per heavy atom. The van der Waals surface area contributed by atoms with Crippen molar-refractivity contribution in [3.63, 3.8) is 0 Å². The Bertz CT molecular complexity index is 457. The first-order valence-corrected chi connectivity index (χ1v) is 7.57. The summed E-state index contributed by atoms with van der Waals surface area (Å²) < 4.78 is 10.5. The van der Waals surface area contributed by atoms with Gasteiger partial charge in [-0.1, -0.05) is 26.0 Å². The van der Waals surface area contributed by atoms with Crippen LogP contribution < -0.4 is 4.74 Å². The highest BCUT2D eigenvalue weighted by Crippen LogP contribution is 2.34. The van der Waals surface area contributed by atoms with E-state index in [0.717, 1.165) is 24.4 Å². The van der Waals surface area contributed by atoms with Crippen molar-refractivity contribution in [1.82, 2.24) is 4.90 Å². The van der Waals surface area contributed by atoms with Crippen LogP contribution in [0.1, 0.15) is 39.7 Å².